The summed E-state index contributed by atoms with van der Waals surface area (Å²) >= 11 is 0. The number of nitrogens with zero attached hydrogens (tertiary/aromatic N) is 2. The van der Waals surface area contributed by atoms with E-state index in [1.54, 1.807) is 18.2 Å². The number of nitro groups is 1. The topological polar surface area (TPSA) is 88.6 Å². The number of furan rings is 1. The molecular weight excluding hydrogens is 322 g/mol. The molecule has 7 heteroatoms. The van der Waals surface area contributed by atoms with Gasteiger partial charge in [0.1, 0.15) is 5.76 Å². The third kappa shape index (κ3) is 2.96. The van der Waals surface area contributed by atoms with E-state index in [9.17, 15) is 14.9 Å². The molecule has 1 N–H and O–H groups in total. The van der Waals surface area contributed by atoms with Gasteiger partial charge in [-0.3, -0.25) is 20.3 Å². The molecule has 0 saturated carbocycles. The number of hydrogen-bond acceptors (Lipinski definition) is 6. The zero-order valence-electron chi connectivity index (χ0n) is 13.7. The van der Waals surface area contributed by atoms with Gasteiger partial charge in [0, 0.05) is 48.8 Å². The Morgan fingerprint density at radius 3 is 2.80 bits per heavy atom. The van der Waals surface area contributed by atoms with E-state index in [2.05, 4.69) is 10.4 Å². The van der Waals surface area contributed by atoms with Crippen LogP contribution in [-0.2, 0) is 0 Å². The van der Waals surface area contributed by atoms with Crippen molar-refractivity contribution in [3.8, 4) is 11.3 Å². The van der Waals surface area contributed by atoms with Crippen molar-refractivity contribution in [1.29, 1.82) is 0 Å². The normalized spacial score (nSPS) is 25.5. The standard InChI is InChI=1S/C18H19N3O4/c22-11-15-9-16(17-10-19-20-6-4-12(17)5-7-20)18(25-15)13-2-1-3-14(8-13)21(23)24/h1-3,8-9,11-12,17,19H,4-7,10H2. The van der Waals surface area contributed by atoms with E-state index >= 15 is 0 Å². The molecule has 1 aromatic heterocycles. The molecule has 4 heterocycles. The molecule has 0 spiro atoms. The molecule has 0 radical (unpaired) electrons. The highest BCUT2D eigenvalue weighted by molar-refractivity contribution is 5.75. The molecule has 3 aliphatic rings. The van der Waals surface area contributed by atoms with E-state index in [-0.39, 0.29) is 17.4 Å². The fraction of sp³-hybridized carbons (Fsp3) is 0.389. The Hall–Kier alpha value is -2.51. The smallest absolute Gasteiger partial charge is 0.270 e. The van der Waals surface area contributed by atoms with Crippen LogP contribution in [0.15, 0.2) is 34.7 Å². The van der Waals surface area contributed by atoms with Crippen LogP contribution >= 0.6 is 0 Å². The van der Waals surface area contributed by atoms with Crippen LogP contribution in [0.3, 0.4) is 0 Å². The number of non-ortho nitro benzene ring substituents is 1. The lowest BCUT2D eigenvalue weighted by atomic mass is 9.80. The van der Waals surface area contributed by atoms with Crippen LogP contribution < -0.4 is 5.43 Å². The van der Waals surface area contributed by atoms with Crippen molar-refractivity contribution in [3.63, 3.8) is 0 Å². The van der Waals surface area contributed by atoms with Gasteiger partial charge in [0.05, 0.1) is 4.92 Å². The van der Waals surface area contributed by atoms with Crippen molar-refractivity contribution >= 4 is 12.0 Å². The quantitative estimate of drug-likeness (QED) is 0.522. The average molecular weight is 341 g/mol. The number of carbonyl (C=O) groups excluding carboxylic acids is 1. The molecule has 1 unspecified atom stereocenters. The van der Waals surface area contributed by atoms with E-state index in [0.717, 1.165) is 38.0 Å². The first-order valence-corrected chi connectivity index (χ1v) is 8.48. The second-order valence-corrected chi connectivity index (χ2v) is 6.65. The van der Waals surface area contributed by atoms with Crippen LogP contribution in [0.2, 0.25) is 0 Å². The number of nitro benzene ring substituents is 1. The lowest BCUT2D eigenvalue weighted by molar-refractivity contribution is -0.384. The summed E-state index contributed by atoms with van der Waals surface area (Å²) in [5, 5.41) is 13.3. The summed E-state index contributed by atoms with van der Waals surface area (Å²) in [6.07, 6.45) is 2.87. The van der Waals surface area contributed by atoms with Crippen LogP contribution in [0.25, 0.3) is 11.3 Å². The Kier molecular flexibility index (Phi) is 4.10. The van der Waals surface area contributed by atoms with Gasteiger partial charge in [-0.2, -0.15) is 0 Å². The number of benzene rings is 1. The number of carbonyl (C=O) groups is 1. The van der Waals surface area contributed by atoms with Gasteiger partial charge in [-0.15, -0.1) is 0 Å². The van der Waals surface area contributed by atoms with Crippen molar-refractivity contribution in [2.75, 3.05) is 19.6 Å². The minimum Gasteiger partial charge on any atom is -0.453 e. The minimum atomic E-state index is -0.422. The number of hydrogen-bond donors (Lipinski definition) is 1. The Morgan fingerprint density at radius 2 is 2.08 bits per heavy atom. The van der Waals surface area contributed by atoms with E-state index in [4.69, 9.17) is 4.42 Å². The summed E-state index contributed by atoms with van der Waals surface area (Å²) in [6.45, 7) is 2.82. The summed E-state index contributed by atoms with van der Waals surface area (Å²) in [7, 11) is 0. The summed E-state index contributed by atoms with van der Waals surface area (Å²) in [5.74, 6) is 1.56. The first-order valence-electron chi connectivity index (χ1n) is 8.48. The molecule has 3 saturated heterocycles. The van der Waals surface area contributed by atoms with Gasteiger partial charge in [-0.25, -0.2) is 5.01 Å². The Bertz CT molecular complexity index is 808. The number of aldehydes is 1. The van der Waals surface area contributed by atoms with Gasteiger partial charge in [-0.05, 0) is 24.8 Å². The molecule has 1 atom stereocenters. The fourth-order valence-electron chi connectivity index (χ4n) is 3.96. The maximum Gasteiger partial charge on any atom is 0.270 e. The van der Waals surface area contributed by atoms with E-state index in [1.165, 1.54) is 12.1 Å². The largest absolute Gasteiger partial charge is 0.453 e. The molecule has 3 fully saturated rings. The zero-order valence-corrected chi connectivity index (χ0v) is 13.7. The molecule has 3 aliphatic heterocycles. The van der Waals surface area contributed by atoms with Crippen molar-refractivity contribution in [2.45, 2.75) is 18.8 Å². The number of piperidine rings is 1. The van der Waals surface area contributed by atoms with E-state index < -0.39 is 4.92 Å². The molecule has 130 valence electrons. The maximum atomic E-state index is 11.3. The summed E-state index contributed by atoms with van der Waals surface area (Å²) < 4.78 is 5.75. The van der Waals surface area contributed by atoms with Crippen LogP contribution in [0, 0.1) is 16.0 Å². The van der Waals surface area contributed by atoms with Crippen molar-refractivity contribution < 1.29 is 14.1 Å². The summed E-state index contributed by atoms with van der Waals surface area (Å²) in [5.41, 5.74) is 5.06. The second kappa shape index (κ2) is 6.42. The van der Waals surface area contributed by atoms with Crippen LogP contribution in [0.5, 0.6) is 0 Å². The molecule has 7 nitrogen and oxygen atoms in total. The Labute approximate surface area is 144 Å². The van der Waals surface area contributed by atoms with Gasteiger partial charge in [0.25, 0.3) is 5.69 Å². The highest BCUT2D eigenvalue weighted by atomic mass is 16.6. The van der Waals surface area contributed by atoms with E-state index in [1.807, 2.05) is 0 Å². The first kappa shape index (κ1) is 16.0. The molecule has 1 aromatic carbocycles. The number of rotatable bonds is 4. The SMILES string of the molecule is O=Cc1cc(C2CNN3CCC2CC3)c(-c2cccc([N+](=O)[O-])c2)o1. The molecular formula is C18H19N3O4. The second-order valence-electron chi connectivity index (χ2n) is 6.65. The summed E-state index contributed by atoms with van der Waals surface area (Å²) in [4.78, 5) is 21.9. The monoisotopic (exact) mass is 341 g/mol. The lowest BCUT2D eigenvalue weighted by Gasteiger charge is -2.28. The molecule has 2 bridgehead atoms. The lowest BCUT2D eigenvalue weighted by Crippen LogP contribution is -2.39. The van der Waals surface area contributed by atoms with E-state index in [0.29, 0.717) is 23.5 Å². The maximum absolute atomic E-state index is 11.3. The fourth-order valence-corrected chi connectivity index (χ4v) is 3.96. The van der Waals surface area contributed by atoms with Crippen LogP contribution in [0.1, 0.15) is 34.9 Å². The first-order chi connectivity index (χ1) is 12.2. The van der Waals surface area contributed by atoms with Gasteiger partial charge in [-0.1, -0.05) is 12.1 Å². The van der Waals surface area contributed by atoms with Crippen LogP contribution in [-0.4, -0.2) is 35.9 Å². The van der Waals surface area contributed by atoms with Gasteiger partial charge in [0.15, 0.2) is 12.0 Å². The van der Waals surface area contributed by atoms with Crippen molar-refractivity contribution in [1.82, 2.24) is 10.4 Å². The third-order valence-corrected chi connectivity index (χ3v) is 5.26. The molecule has 5 rings (SSSR count). The number of nitrogens with one attached hydrogen (secondary N) is 1. The molecule has 2 aromatic rings. The molecule has 0 aliphatic carbocycles. The predicted octanol–water partition coefficient (Wildman–Crippen LogP) is 2.98. The average Bonchev–Trinajstić information content (AvgIpc) is 2.85. The Balaban J connectivity index is 1.78. The number of fused-ring (bicyclic) bond motifs is 4. The van der Waals surface area contributed by atoms with Gasteiger partial charge < -0.3 is 4.42 Å². The molecule has 0 amide bonds. The number of hydrazine groups is 1. The highest BCUT2D eigenvalue weighted by Gasteiger charge is 2.34. The van der Waals surface area contributed by atoms with Crippen LogP contribution in [0.4, 0.5) is 5.69 Å². The van der Waals surface area contributed by atoms with Crippen molar-refractivity contribution in [2.24, 2.45) is 5.92 Å². The van der Waals surface area contributed by atoms with Gasteiger partial charge in [0.2, 0.25) is 0 Å². The Morgan fingerprint density at radius 1 is 1.28 bits per heavy atom. The van der Waals surface area contributed by atoms with Gasteiger partial charge >= 0.3 is 0 Å². The summed E-state index contributed by atoms with van der Waals surface area (Å²) in [6, 6.07) is 8.18. The minimum absolute atomic E-state index is 0.0125. The zero-order chi connectivity index (χ0) is 17.4. The molecule has 25 heavy (non-hydrogen) atoms. The third-order valence-electron chi connectivity index (χ3n) is 5.26. The van der Waals surface area contributed by atoms with Crippen molar-refractivity contribution in [3.05, 3.63) is 51.8 Å². The highest BCUT2D eigenvalue weighted by Crippen LogP contribution is 2.41. The predicted molar refractivity (Wildman–Crippen MR) is 91.2 cm³/mol.